The fourth-order valence-electron chi connectivity index (χ4n) is 3.62. The zero-order valence-corrected chi connectivity index (χ0v) is 18.7. The standard InChI is InChI=1S/C25H20N2O4S/c1-4-30-24(29)17-7-5-16(6-8-17)21-10-9-18(31-21)13-22-23(28)27-20-12-15(3)14(2)11-19(20)26-25(27)32-22/h5-13H,4H2,1-3H3/b22-13+. The third kappa shape index (κ3) is 3.40. The van der Waals surface area contributed by atoms with Crippen molar-refractivity contribution >= 4 is 39.4 Å². The van der Waals surface area contributed by atoms with Crippen LogP contribution in [0.2, 0.25) is 0 Å². The number of aromatic nitrogens is 2. The van der Waals surface area contributed by atoms with Crippen molar-refractivity contribution in [2.24, 2.45) is 0 Å². The number of furan rings is 1. The van der Waals surface area contributed by atoms with Gasteiger partial charge in [-0.3, -0.25) is 4.79 Å². The number of esters is 1. The van der Waals surface area contributed by atoms with Crippen LogP contribution in [0, 0.1) is 13.8 Å². The van der Waals surface area contributed by atoms with Gasteiger partial charge in [-0.2, -0.15) is 0 Å². The van der Waals surface area contributed by atoms with Crippen LogP contribution in [0.25, 0.3) is 33.4 Å². The third-order valence-corrected chi connectivity index (χ3v) is 6.40. The summed E-state index contributed by atoms with van der Waals surface area (Å²) in [5.41, 5.74) is 5.15. The van der Waals surface area contributed by atoms with Crippen molar-refractivity contribution < 1.29 is 13.9 Å². The minimum absolute atomic E-state index is 0.104. The number of carbonyl (C=O) groups is 1. The molecule has 0 saturated carbocycles. The Labute approximate surface area is 187 Å². The van der Waals surface area contributed by atoms with Gasteiger partial charge >= 0.3 is 5.97 Å². The number of ether oxygens (including phenoxy) is 1. The van der Waals surface area contributed by atoms with E-state index in [-0.39, 0.29) is 11.5 Å². The molecule has 5 rings (SSSR count). The largest absolute Gasteiger partial charge is 0.462 e. The Morgan fingerprint density at radius 3 is 2.62 bits per heavy atom. The molecule has 0 spiro atoms. The molecule has 0 atom stereocenters. The summed E-state index contributed by atoms with van der Waals surface area (Å²) in [4.78, 5) is 30.2. The Morgan fingerprint density at radius 2 is 1.88 bits per heavy atom. The van der Waals surface area contributed by atoms with E-state index in [1.165, 1.54) is 11.3 Å². The summed E-state index contributed by atoms with van der Waals surface area (Å²) in [6.45, 7) is 6.18. The summed E-state index contributed by atoms with van der Waals surface area (Å²) in [5.74, 6) is 0.875. The van der Waals surface area contributed by atoms with Crippen molar-refractivity contribution in [3.8, 4) is 11.3 Å². The summed E-state index contributed by atoms with van der Waals surface area (Å²) >= 11 is 1.34. The lowest BCUT2D eigenvalue weighted by molar-refractivity contribution is 0.0526. The van der Waals surface area contributed by atoms with Gasteiger partial charge in [0.2, 0.25) is 0 Å². The average molecular weight is 445 g/mol. The Bertz CT molecular complexity index is 1590. The van der Waals surface area contributed by atoms with Gasteiger partial charge in [-0.05, 0) is 68.3 Å². The first-order valence-corrected chi connectivity index (χ1v) is 11.1. The number of aryl methyl sites for hydroxylation is 2. The minimum Gasteiger partial charge on any atom is -0.462 e. The lowest BCUT2D eigenvalue weighted by Crippen LogP contribution is -2.22. The van der Waals surface area contributed by atoms with Gasteiger partial charge in [0, 0.05) is 11.6 Å². The fraction of sp³-hybridized carbons (Fsp3) is 0.160. The molecular formula is C25H20N2O4S. The molecule has 32 heavy (non-hydrogen) atoms. The molecule has 0 saturated heterocycles. The first-order valence-electron chi connectivity index (χ1n) is 10.3. The SMILES string of the molecule is CCOC(=O)c1ccc(-c2ccc(/C=c3/sc4nc5cc(C)c(C)cc5n4c3=O)o2)cc1. The minimum atomic E-state index is -0.351. The maximum atomic E-state index is 13.1. The van der Waals surface area contributed by atoms with Crippen molar-refractivity contribution in [1.29, 1.82) is 0 Å². The van der Waals surface area contributed by atoms with Gasteiger partial charge in [0.05, 0.1) is 23.2 Å². The lowest BCUT2D eigenvalue weighted by atomic mass is 10.1. The predicted molar refractivity (Wildman–Crippen MR) is 125 cm³/mol. The Morgan fingerprint density at radius 1 is 1.12 bits per heavy atom. The zero-order chi connectivity index (χ0) is 22.4. The molecule has 3 aromatic heterocycles. The zero-order valence-electron chi connectivity index (χ0n) is 17.8. The molecule has 0 radical (unpaired) electrons. The molecule has 2 aromatic carbocycles. The number of fused-ring (bicyclic) bond motifs is 3. The fourth-order valence-corrected chi connectivity index (χ4v) is 4.59. The van der Waals surface area contributed by atoms with Gasteiger partial charge in [-0.1, -0.05) is 23.5 Å². The topological polar surface area (TPSA) is 73.8 Å². The van der Waals surface area contributed by atoms with Crippen LogP contribution in [-0.2, 0) is 4.74 Å². The summed E-state index contributed by atoms with van der Waals surface area (Å²) < 4.78 is 13.2. The second-order valence-electron chi connectivity index (χ2n) is 7.57. The second-order valence-corrected chi connectivity index (χ2v) is 8.58. The smallest absolute Gasteiger partial charge is 0.338 e. The molecule has 3 heterocycles. The monoisotopic (exact) mass is 444 g/mol. The molecule has 0 aliphatic heterocycles. The van der Waals surface area contributed by atoms with Crippen molar-refractivity contribution in [2.75, 3.05) is 6.61 Å². The number of benzene rings is 2. The predicted octanol–water partition coefficient (Wildman–Crippen LogP) is 4.51. The van der Waals surface area contributed by atoms with E-state index in [1.807, 2.05) is 50.2 Å². The maximum Gasteiger partial charge on any atom is 0.338 e. The van der Waals surface area contributed by atoms with Gasteiger partial charge in [0.1, 0.15) is 16.1 Å². The average Bonchev–Trinajstić information content (AvgIpc) is 3.45. The van der Waals surface area contributed by atoms with Crippen LogP contribution in [0.5, 0.6) is 0 Å². The highest BCUT2D eigenvalue weighted by Gasteiger charge is 2.13. The summed E-state index contributed by atoms with van der Waals surface area (Å²) in [6.07, 6.45) is 1.74. The first kappa shape index (κ1) is 20.2. The highest BCUT2D eigenvalue weighted by molar-refractivity contribution is 7.15. The van der Waals surface area contributed by atoms with Gasteiger partial charge in [0.25, 0.3) is 5.56 Å². The van der Waals surface area contributed by atoms with E-state index in [0.29, 0.717) is 33.2 Å². The van der Waals surface area contributed by atoms with Crippen LogP contribution in [0.3, 0.4) is 0 Å². The Kier molecular flexibility index (Phi) is 4.90. The molecule has 0 aliphatic rings. The third-order valence-electron chi connectivity index (χ3n) is 5.43. The van der Waals surface area contributed by atoms with E-state index in [4.69, 9.17) is 9.15 Å². The van der Waals surface area contributed by atoms with Crippen molar-refractivity contribution in [1.82, 2.24) is 9.38 Å². The molecule has 0 unspecified atom stereocenters. The van der Waals surface area contributed by atoms with Crippen LogP contribution in [0.4, 0.5) is 0 Å². The van der Waals surface area contributed by atoms with E-state index in [1.54, 1.807) is 29.5 Å². The quantitative estimate of drug-likeness (QED) is 0.381. The highest BCUT2D eigenvalue weighted by atomic mass is 32.1. The molecule has 0 aliphatic carbocycles. The number of carbonyl (C=O) groups excluding carboxylic acids is 1. The molecule has 0 N–H and O–H groups in total. The summed E-state index contributed by atoms with van der Waals surface area (Å²) in [7, 11) is 0. The van der Waals surface area contributed by atoms with E-state index in [0.717, 1.165) is 27.7 Å². The molecule has 160 valence electrons. The summed E-state index contributed by atoms with van der Waals surface area (Å²) in [5, 5.41) is 0. The first-order chi connectivity index (χ1) is 15.4. The molecule has 7 heteroatoms. The van der Waals surface area contributed by atoms with Crippen LogP contribution < -0.4 is 10.1 Å². The molecule has 6 nitrogen and oxygen atoms in total. The molecule has 0 bridgehead atoms. The highest BCUT2D eigenvalue weighted by Crippen LogP contribution is 2.24. The van der Waals surface area contributed by atoms with Crippen LogP contribution >= 0.6 is 11.3 Å². The van der Waals surface area contributed by atoms with Crippen molar-refractivity contribution in [3.05, 3.63) is 85.9 Å². The molecule has 5 aromatic rings. The molecular weight excluding hydrogens is 424 g/mol. The summed E-state index contributed by atoms with van der Waals surface area (Å²) in [6, 6.07) is 14.7. The normalized spacial score (nSPS) is 12.2. The second kappa shape index (κ2) is 7.76. The van der Waals surface area contributed by atoms with Crippen LogP contribution in [0.1, 0.15) is 34.2 Å². The van der Waals surface area contributed by atoms with Crippen LogP contribution in [0.15, 0.2) is 57.7 Å². The Hall–Kier alpha value is -3.71. The van der Waals surface area contributed by atoms with Gasteiger partial charge in [-0.25, -0.2) is 14.2 Å². The number of rotatable bonds is 4. The van der Waals surface area contributed by atoms with E-state index < -0.39 is 0 Å². The number of nitrogens with zero attached hydrogens (tertiary/aromatic N) is 2. The number of hydrogen-bond donors (Lipinski definition) is 0. The molecule has 0 amide bonds. The van der Waals surface area contributed by atoms with E-state index in [9.17, 15) is 9.59 Å². The van der Waals surface area contributed by atoms with Crippen LogP contribution in [-0.4, -0.2) is 22.0 Å². The van der Waals surface area contributed by atoms with E-state index >= 15 is 0 Å². The Balaban J connectivity index is 1.50. The van der Waals surface area contributed by atoms with Crippen molar-refractivity contribution in [2.45, 2.75) is 20.8 Å². The maximum absolute atomic E-state index is 13.1. The van der Waals surface area contributed by atoms with Gasteiger partial charge in [0.15, 0.2) is 4.96 Å². The number of hydrogen-bond acceptors (Lipinski definition) is 6. The van der Waals surface area contributed by atoms with Gasteiger partial charge < -0.3 is 9.15 Å². The number of imidazole rings is 1. The van der Waals surface area contributed by atoms with Crippen molar-refractivity contribution in [3.63, 3.8) is 0 Å². The molecule has 0 fully saturated rings. The van der Waals surface area contributed by atoms with Gasteiger partial charge in [-0.15, -0.1) is 0 Å². The van der Waals surface area contributed by atoms with E-state index in [2.05, 4.69) is 4.98 Å². The lowest BCUT2D eigenvalue weighted by Gasteiger charge is -2.02. The number of thiazole rings is 1.